The molecule has 24 heteroatoms. The van der Waals surface area contributed by atoms with Crippen LogP contribution in [-0.2, 0) is 43.4 Å². The van der Waals surface area contributed by atoms with E-state index in [1.807, 2.05) is 29.2 Å². The summed E-state index contributed by atoms with van der Waals surface area (Å²) in [5.74, 6) is 0.745. The van der Waals surface area contributed by atoms with Gasteiger partial charge >= 0.3 is 0 Å². The molecular formula is C56H79N9O15. The molecule has 438 valence electrons. The predicted molar refractivity (Wildman–Crippen MR) is 298 cm³/mol. The van der Waals surface area contributed by atoms with Gasteiger partial charge in [-0.2, -0.15) is 0 Å². The molecular weight excluding hydrogens is 1040 g/mol. The van der Waals surface area contributed by atoms with Gasteiger partial charge in [-0.3, -0.25) is 34.6 Å². The predicted octanol–water partition coefficient (Wildman–Crippen LogP) is 4.81. The first-order chi connectivity index (χ1) is 38.8. The minimum absolute atomic E-state index is 0.0334. The van der Waals surface area contributed by atoms with Crippen LogP contribution in [0.3, 0.4) is 0 Å². The third kappa shape index (κ3) is 18.3. The van der Waals surface area contributed by atoms with Gasteiger partial charge in [-0.05, 0) is 86.0 Å². The van der Waals surface area contributed by atoms with Crippen LogP contribution in [0.15, 0.2) is 60.7 Å². The van der Waals surface area contributed by atoms with E-state index in [1.165, 1.54) is 28.9 Å². The third-order valence-electron chi connectivity index (χ3n) is 14.9. The van der Waals surface area contributed by atoms with E-state index in [4.69, 9.17) is 33.2 Å². The Labute approximate surface area is 466 Å². The maximum atomic E-state index is 13.6. The number of anilines is 2. The van der Waals surface area contributed by atoms with Crippen LogP contribution in [0.1, 0.15) is 60.6 Å². The molecule has 2 saturated heterocycles. The number of amides is 3. The summed E-state index contributed by atoms with van der Waals surface area (Å²) in [6.45, 7) is 14.3. The molecule has 1 spiro atoms. The molecule has 7 rings (SSSR count). The number of fused-ring (bicyclic) bond motifs is 3. The van der Waals surface area contributed by atoms with Gasteiger partial charge in [0.15, 0.2) is 0 Å². The summed E-state index contributed by atoms with van der Waals surface area (Å²) in [4.78, 5) is 66.2. The van der Waals surface area contributed by atoms with Crippen LogP contribution < -0.4 is 26.0 Å². The number of β-amino-alcohol motifs (C(OH)–C–C–N with tert-alkyl or cyclic N) is 1. The number of piperidine rings is 2. The van der Waals surface area contributed by atoms with Crippen molar-refractivity contribution in [3.63, 3.8) is 0 Å². The Hall–Kier alpha value is -6.51. The number of aryl methyl sites for hydroxylation is 1. The molecule has 6 N–H and O–H groups in total. The molecule has 1 unspecified atom stereocenters. The highest BCUT2D eigenvalue weighted by Gasteiger charge is 2.46. The lowest BCUT2D eigenvalue weighted by atomic mass is 9.67. The van der Waals surface area contributed by atoms with Crippen LogP contribution in [-0.4, -0.2) is 198 Å². The van der Waals surface area contributed by atoms with E-state index in [-0.39, 0.29) is 86.2 Å². The number of nitro benzene ring substituents is 2. The van der Waals surface area contributed by atoms with Crippen molar-refractivity contribution in [2.75, 3.05) is 155 Å². The van der Waals surface area contributed by atoms with Gasteiger partial charge in [0.1, 0.15) is 23.7 Å². The Morgan fingerprint density at radius 3 is 1.96 bits per heavy atom. The molecule has 3 amide bonds. The number of aliphatic hydroxyl groups excluding tert-OH is 1. The summed E-state index contributed by atoms with van der Waals surface area (Å²) in [6, 6.07) is 17.8. The molecule has 3 atom stereocenters. The van der Waals surface area contributed by atoms with Gasteiger partial charge in [-0.1, -0.05) is 19.1 Å². The third-order valence-corrected chi connectivity index (χ3v) is 14.9. The molecule has 4 heterocycles. The van der Waals surface area contributed by atoms with E-state index in [1.54, 1.807) is 0 Å². The van der Waals surface area contributed by atoms with Crippen molar-refractivity contribution >= 4 is 51.4 Å². The quantitative estimate of drug-likeness (QED) is 0.0205. The number of likely N-dealkylation sites (tertiary alicyclic amines) is 2. The number of rotatable bonds is 35. The standard InChI is InChI=1S/C56H79N9O15/c1-40-3-7-46-49(33-40)60-39-56(46)13-19-62(37-41(56)2)38-52(66)42-11-17-63(18-12-42)55(69)50-34-43-4-6-45(36-48(43)61-50)80-32-31-79-30-29-78-28-25-76-22-16-59-54(68)10-9-53(67)58-15-21-75-24-27-77-26-23-74-20-14-57-47-8-5-44(64(70)71)35-51(47)65(72)73/h3-8,33-36,41-42,52,57,60-61,66H,9-32,37-39H2,1-2H3,(H,58,67)(H,59,68)/t41-,52?,56+/m1/s1. The van der Waals surface area contributed by atoms with Gasteiger partial charge in [0.2, 0.25) is 11.8 Å². The molecule has 0 saturated carbocycles. The average molecular weight is 1120 g/mol. The molecule has 80 heavy (non-hydrogen) atoms. The van der Waals surface area contributed by atoms with E-state index in [9.17, 15) is 39.7 Å². The van der Waals surface area contributed by atoms with Crippen molar-refractivity contribution in [2.45, 2.75) is 57.5 Å². The summed E-state index contributed by atoms with van der Waals surface area (Å²) in [5.41, 5.74) is 4.90. The number of hydrogen-bond acceptors (Lipinski definition) is 18. The Kier molecular flexibility index (Phi) is 24.0. The Balaban J connectivity index is 0.620. The molecule has 0 radical (unpaired) electrons. The smallest absolute Gasteiger partial charge is 0.299 e. The van der Waals surface area contributed by atoms with Gasteiger partial charge in [-0.15, -0.1) is 0 Å². The van der Waals surface area contributed by atoms with E-state index in [2.05, 4.69) is 63.2 Å². The van der Waals surface area contributed by atoms with Crippen LogP contribution in [0, 0.1) is 39.0 Å². The number of hydrogen-bond donors (Lipinski definition) is 6. The Morgan fingerprint density at radius 1 is 0.738 bits per heavy atom. The number of aromatic amines is 1. The maximum absolute atomic E-state index is 13.6. The fourth-order valence-corrected chi connectivity index (χ4v) is 10.5. The van der Waals surface area contributed by atoms with Gasteiger partial charge in [0, 0.05) is 99.3 Å². The summed E-state index contributed by atoms with van der Waals surface area (Å²) in [5, 5.41) is 46.3. The average Bonchev–Trinajstić information content (AvgIpc) is 4.15. The highest BCUT2D eigenvalue weighted by atomic mass is 16.6. The monoisotopic (exact) mass is 1120 g/mol. The van der Waals surface area contributed by atoms with Crippen LogP contribution in [0.25, 0.3) is 10.9 Å². The molecule has 3 aromatic carbocycles. The zero-order valence-corrected chi connectivity index (χ0v) is 46.0. The molecule has 24 nitrogen and oxygen atoms in total. The van der Waals surface area contributed by atoms with Crippen molar-refractivity contribution in [1.82, 2.24) is 25.4 Å². The number of carbonyl (C=O) groups is 3. The minimum Gasteiger partial charge on any atom is -0.491 e. The lowest BCUT2D eigenvalue weighted by Crippen LogP contribution is -2.52. The van der Waals surface area contributed by atoms with Crippen LogP contribution >= 0.6 is 0 Å². The minimum atomic E-state index is -0.696. The first-order valence-corrected chi connectivity index (χ1v) is 27.8. The van der Waals surface area contributed by atoms with Crippen molar-refractivity contribution in [2.24, 2.45) is 11.8 Å². The van der Waals surface area contributed by atoms with Crippen LogP contribution in [0.5, 0.6) is 5.75 Å². The van der Waals surface area contributed by atoms with E-state index < -0.39 is 21.6 Å². The maximum Gasteiger partial charge on any atom is 0.299 e. The molecule has 3 aliphatic heterocycles. The number of nitro groups is 2. The Morgan fingerprint density at radius 2 is 1.35 bits per heavy atom. The van der Waals surface area contributed by atoms with Crippen molar-refractivity contribution in [3.05, 3.63) is 97.7 Å². The van der Waals surface area contributed by atoms with Gasteiger partial charge in [-0.25, -0.2) is 0 Å². The van der Waals surface area contributed by atoms with Crippen LogP contribution in [0.2, 0.25) is 0 Å². The second kappa shape index (κ2) is 31.5. The number of non-ortho nitro benzene ring substituents is 1. The number of nitrogens with zero attached hydrogens (tertiary/aromatic N) is 4. The highest BCUT2D eigenvalue weighted by Crippen LogP contribution is 2.47. The molecule has 0 aliphatic carbocycles. The topological polar surface area (TPSA) is 293 Å². The first kappa shape index (κ1) is 61.1. The second-order valence-corrected chi connectivity index (χ2v) is 20.5. The number of H-pyrrole nitrogens is 1. The molecule has 0 bridgehead atoms. The Bertz CT molecular complexity index is 2650. The van der Waals surface area contributed by atoms with Gasteiger partial charge in [0.05, 0.1) is 101 Å². The first-order valence-electron chi connectivity index (χ1n) is 27.8. The molecule has 3 aliphatic rings. The van der Waals surface area contributed by atoms with E-state index in [0.29, 0.717) is 110 Å². The largest absolute Gasteiger partial charge is 0.491 e. The number of benzene rings is 3. The van der Waals surface area contributed by atoms with E-state index in [0.717, 1.165) is 55.9 Å². The summed E-state index contributed by atoms with van der Waals surface area (Å²) in [6.07, 6.45) is 2.29. The summed E-state index contributed by atoms with van der Waals surface area (Å²) in [7, 11) is 0. The number of aromatic nitrogens is 1. The fraction of sp³-hybridized carbons (Fsp3) is 0.589. The SMILES string of the molecule is Cc1ccc2c(c1)NC[C@]21CCN(CC(O)C2CCN(C(=O)c3cc4ccc(OCCOCCOCCOCCNC(=O)CCC(=O)NCCOCCOCCOCCNc5ccc([N+](=O)[O-])cc5[N+](=O)[O-])cc4[nH]3)CC2)C[C@H]1C. The van der Waals surface area contributed by atoms with Gasteiger partial charge < -0.3 is 74.3 Å². The normalized spacial score (nSPS) is 17.7. The zero-order valence-electron chi connectivity index (χ0n) is 46.0. The van der Waals surface area contributed by atoms with Crippen LogP contribution in [0.4, 0.5) is 22.7 Å². The highest BCUT2D eigenvalue weighted by molar-refractivity contribution is 5.98. The lowest BCUT2D eigenvalue weighted by molar-refractivity contribution is -0.393. The fourth-order valence-electron chi connectivity index (χ4n) is 10.5. The number of carbonyl (C=O) groups excluding carboxylic acids is 3. The number of nitrogens with one attached hydrogen (secondary N) is 5. The van der Waals surface area contributed by atoms with Gasteiger partial charge in [0.25, 0.3) is 17.3 Å². The summed E-state index contributed by atoms with van der Waals surface area (Å²) < 4.78 is 38.9. The number of aliphatic hydroxyl groups is 1. The number of ether oxygens (including phenoxy) is 7. The lowest BCUT2D eigenvalue weighted by Gasteiger charge is -2.46. The van der Waals surface area contributed by atoms with Crippen molar-refractivity contribution < 1.29 is 62.5 Å². The molecule has 4 aromatic rings. The van der Waals surface area contributed by atoms with E-state index >= 15 is 0 Å². The second-order valence-electron chi connectivity index (χ2n) is 20.5. The molecule has 1 aromatic heterocycles. The summed E-state index contributed by atoms with van der Waals surface area (Å²) >= 11 is 0. The zero-order chi connectivity index (χ0) is 56.7. The van der Waals surface area contributed by atoms with Crippen molar-refractivity contribution in [3.8, 4) is 5.75 Å². The molecule has 2 fully saturated rings. The van der Waals surface area contributed by atoms with Crippen molar-refractivity contribution in [1.29, 1.82) is 0 Å².